The number of nitrogens with zero attached hydrogens (tertiary/aromatic N) is 2. The molecule has 16 heteroatoms. The molecule has 5 aromatic rings. The van der Waals surface area contributed by atoms with Gasteiger partial charge in [0.15, 0.2) is 23.5 Å². The van der Waals surface area contributed by atoms with E-state index in [0.717, 1.165) is 62.0 Å². The molecule has 5 aliphatic rings. The maximum atomic E-state index is 14.2. The Hall–Kier alpha value is -5.54. The summed E-state index contributed by atoms with van der Waals surface area (Å²) in [5.41, 5.74) is 3.88. The van der Waals surface area contributed by atoms with Crippen molar-refractivity contribution in [1.82, 2.24) is 15.1 Å². The molecule has 5 fully saturated rings. The number of hydrogen-bond donors (Lipinski definition) is 1. The van der Waals surface area contributed by atoms with Crippen LogP contribution in [0.25, 0.3) is 0 Å². The summed E-state index contributed by atoms with van der Waals surface area (Å²) in [6.07, 6.45) is 5.87. The van der Waals surface area contributed by atoms with Crippen molar-refractivity contribution < 1.29 is 47.8 Å². The van der Waals surface area contributed by atoms with Crippen LogP contribution in [0.4, 0.5) is 9.32 Å². The fraction of sp³-hybridized carbons (Fsp3) is 0.360. The number of carbonyl (C=O) groups is 3. The number of aromatic nitrogens is 1. The highest BCUT2D eigenvalue weighted by molar-refractivity contribution is 8.00. The van der Waals surface area contributed by atoms with Crippen molar-refractivity contribution in [3.8, 4) is 17.2 Å². The molecule has 4 saturated heterocycles. The van der Waals surface area contributed by atoms with Crippen molar-refractivity contribution in [3.63, 3.8) is 0 Å². The van der Waals surface area contributed by atoms with E-state index in [0.29, 0.717) is 63.2 Å². The Kier molecular flexibility index (Phi) is 14.5. The number of esters is 1. The van der Waals surface area contributed by atoms with E-state index < -0.39 is 29.6 Å². The lowest BCUT2D eigenvalue weighted by Crippen LogP contribution is -2.52. The highest BCUT2D eigenvalue weighted by Gasteiger charge is 2.39. The molecule has 4 atom stereocenters. The standard InChI is InChI=1S/C50H49Cl2FN4O8S/c51-40-26-54-27-41(52)39(40)25-43(35-14-15-42(65-53)44(24-35)62-29-31-12-13-31)63-49(59)48-57(20-21-66-48)47(58)37-10-4-6-32(22-37)30-61-38-11-5-9-36(23-38)46(34-7-2-1-3-8-34)55-50(60)64-45-28-56-18-16-33(45)17-19-56/h1-11,14-15,22-24,26-27,31,33,43,45-46,48H,12-13,16-21,25,28-30H2,(H,55,60)/p+1/t43-,45-,46-,48-/m0/s1. The second-order valence-electron chi connectivity index (χ2n) is 17.2. The summed E-state index contributed by atoms with van der Waals surface area (Å²) in [4.78, 5) is 52.6. The third-order valence-corrected chi connectivity index (χ3v) is 14.5. The summed E-state index contributed by atoms with van der Waals surface area (Å²) in [7, 11) is 0. The number of alkyl carbamates (subject to hydrolysis) is 1. The van der Waals surface area contributed by atoms with Gasteiger partial charge in [0, 0.05) is 40.9 Å². The zero-order valence-corrected chi connectivity index (χ0v) is 38.4. The van der Waals surface area contributed by atoms with Crippen LogP contribution in [0.3, 0.4) is 0 Å². The van der Waals surface area contributed by atoms with Gasteiger partial charge >= 0.3 is 12.1 Å². The van der Waals surface area contributed by atoms with Crippen molar-refractivity contribution >= 4 is 52.9 Å². The van der Waals surface area contributed by atoms with Crippen LogP contribution in [-0.2, 0) is 27.3 Å². The number of pyridine rings is 1. The summed E-state index contributed by atoms with van der Waals surface area (Å²) in [5.74, 6) is 0.980. The number of rotatable bonds is 17. The molecule has 12 nitrogen and oxygen atoms in total. The largest absolute Gasteiger partial charge is 0.489 e. The summed E-state index contributed by atoms with van der Waals surface area (Å²) >= 11 is 14.4. The highest BCUT2D eigenvalue weighted by atomic mass is 35.5. The third-order valence-electron chi connectivity index (χ3n) is 12.6. The fourth-order valence-corrected chi connectivity index (χ4v) is 10.4. The predicted octanol–water partition coefficient (Wildman–Crippen LogP) is 9.39. The third kappa shape index (κ3) is 11.0. The van der Waals surface area contributed by atoms with E-state index in [9.17, 15) is 18.9 Å². The van der Waals surface area contributed by atoms with Gasteiger partial charge in [0.2, 0.25) is 5.75 Å². The minimum absolute atomic E-state index is 0.0853. The first-order valence-corrected chi connectivity index (χ1v) is 24.1. The Bertz CT molecular complexity index is 2510. The second kappa shape index (κ2) is 21.0. The molecule has 0 spiro atoms. The van der Waals surface area contributed by atoms with Gasteiger partial charge in [-0.25, -0.2) is 14.6 Å². The molecular formula is C50H50Cl2FN4O8S+. The Morgan fingerprint density at radius 2 is 1.59 bits per heavy atom. The van der Waals surface area contributed by atoms with Gasteiger partial charge in [-0.15, -0.1) is 11.8 Å². The number of H-pyrrole nitrogens is 1. The monoisotopic (exact) mass is 955 g/mol. The summed E-state index contributed by atoms with van der Waals surface area (Å²) in [5, 5.41) is 2.85. The van der Waals surface area contributed by atoms with Crippen LogP contribution >= 0.6 is 35.0 Å². The number of amides is 2. The summed E-state index contributed by atoms with van der Waals surface area (Å²) in [6, 6.07) is 28.6. The number of carbonyl (C=O) groups excluding carboxylic acids is 3. The van der Waals surface area contributed by atoms with Crippen molar-refractivity contribution in [2.45, 2.75) is 62.3 Å². The molecule has 0 unspecified atom stereocenters. The number of halogens is 3. The molecule has 1 aromatic heterocycles. The lowest BCUT2D eigenvalue weighted by Gasteiger charge is -2.43. The first kappa shape index (κ1) is 45.6. The Morgan fingerprint density at radius 3 is 2.33 bits per heavy atom. The lowest BCUT2D eigenvalue weighted by molar-refractivity contribution is -0.377. The summed E-state index contributed by atoms with van der Waals surface area (Å²) in [6.45, 7) is 3.75. The number of thioether (sulfide) groups is 1. The molecule has 66 heavy (non-hydrogen) atoms. The van der Waals surface area contributed by atoms with E-state index in [1.165, 1.54) is 22.7 Å². The molecule has 10 rings (SSSR count). The molecular weight excluding hydrogens is 907 g/mol. The first-order chi connectivity index (χ1) is 32.2. The normalized spacial score (nSPS) is 20.8. The minimum atomic E-state index is -0.948. The molecule has 1 aliphatic carbocycles. The average molecular weight is 957 g/mol. The molecule has 4 aromatic carbocycles. The molecule has 2 amide bonds. The molecule has 1 saturated carbocycles. The van der Waals surface area contributed by atoms with Crippen molar-refractivity contribution in [1.29, 1.82) is 0 Å². The van der Waals surface area contributed by atoms with Gasteiger partial charge in [-0.3, -0.25) is 14.6 Å². The average Bonchev–Trinajstić information content (AvgIpc) is 4.05. The molecule has 2 N–H and O–H groups in total. The minimum Gasteiger partial charge on any atom is -0.489 e. The van der Waals surface area contributed by atoms with Gasteiger partial charge in [0.05, 0.1) is 12.6 Å². The number of aromatic amines is 1. The Labute approximate surface area is 396 Å². The van der Waals surface area contributed by atoms with E-state index in [2.05, 4.69) is 20.1 Å². The smallest absolute Gasteiger partial charge is 0.408 e. The van der Waals surface area contributed by atoms with Crippen LogP contribution < -0.4 is 24.7 Å². The van der Waals surface area contributed by atoms with Gasteiger partial charge in [-0.1, -0.05) is 83.9 Å². The van der Waals surface area contributed by atoms with Crippen LogP contribution in [0.5, 0.6) is 17.2 Å². The van der Waals surface area contributed by atoms with Gasteiger partial charge in [-0.2, -0.15) is 0 Å². The molecule has 4 aliphatic heterocycles. The molecule has 344 valence electrons. The number of nitrogens with one attached hydrogen (secondary N) is 2. The number of hydrogen-bond acceptors (Lipinski definition) is 10. The van der Waals surface area contributed by atoms with Crippen LogP contribution in [-0.4, -0.2) is 77.8 Å². The van der Waals surface area contributed by atoms with Gasteiger partial charge in [-0.05, 0) is 109 Å². The van der Waals surface area contributed by atoms with Crippen molar-refractivity contribution in [2.24, 2.45) is 11.8 Å². The van der Waals surface area contributed by atoms with Gasteiger partial charge in [0.1, 0.15) is 34.6 Å². The Balaban J connectivity index is 0.872. The van der Waals surface area contributed by atoms with E-state index >= 15 is 0 Å². The molecule has 5 heterocycles. The number of benzene rings is 4. The van der Waals surface area contributed by atoms with Gasteiger partial charge < -0.3 is 29.2 Å². The first-order valence-electron chi connectivity index (χ1n) is 22.3. The van der Waals surface area contributed by atoms with E-state index in [4.69, 9.17) is 42.1 Å². The maximum Gasteiger partial charge on any atom is 0.408 e. The quantitative estimate of drug-likeness (QED) is 0.0901. The predicted molar refractivity (Wildman–Crippen MR) is 247 cm³/mol. The number of piperidine rings is 3. The topological polar surface area (TPSA) is 130 Å². The van der Waals surface area contributed by atoms with E-state index in [1.54, 1.807) is 42.7 Å². The number of ether oxygens (including phenoxy) is 4. The lowest BCUT2D eigenvalue weighted by atomic mass is 9.86. The zero-order chi connectivity index (χ0) is 45.6. The van der Waals surface area contributed by atoms with Crippen molar-refractivity contribution in [3.05, 3.63) is 153 Å². The number of fused-ring (bicyclic) bond motifs is 3. The SMILES string of the molecule is O=C(N[C@@H](c1ccccc1)c1cccc(OCc2cccc(C(=O)N3CCS[C@H]3C(=O)O[C@@H](Cc3c(Cl)c[nH+]cc3Cl)c3ccc(OF)c(OCC4CC4)c3)c2)c1)O[C@H]1CN2CCC1CC2. The van der Waals surface area contributed by atoms with E-state index in [-0.39, 0.29) is 36.5 Å². The van der Waals surface area contributed by atoms with Crippen molar-refractivity contribution in [2.75, 3.05) is 38.5 Å². The molecule has 2 bridgehead atoms. The highest BCUT2D eigenvalue weighted by Crippen LogP contribution is 2.39. The second-order valence-corrected chi connectivity index (χ2v) is 19.2. The van der Waals surface area contributed by atoms with Crippen LogP contribution in [0.15, 0.2) is 109 Å². The van der Waals surface area contributed by atoms with E-state index in [1.807, 2.05) is 60.7 Å². The van der Waals surface area contributed by atoms with Crippen LogP contribution in [0, 0.1) is 11.8 Å². The maximum absolute atomic E-state index is 14.2. The Morgan fingerprint density at radius 1 is 0.818 bits per heavy atom. The van der Waals surface area contributed by atoms with Crippen LogP contribution in [0.2, 0.25) is 10.0 Å². The molecule has 0 radical (unpaired) electrons. The fourth-order valence-electron chi connectivity index (χ4n) is 8.80. The van der Waals surface area contributed by atoms with Crippen LogP contribution in [0.1, 0.15) is 76.0 Å². The van der Waals surface area contributed by atoms with Gasteiger partial charge in [0.25, 0.3) is 5.91 Å². The zero-order valence-electron chi connectivity index (χ0n) is 36.0. The summed E-state index contributed by atoms with van der Waals surface area (Å²) < 4.78 is 38.0.